The Labute approximate surface area is 171 Å². The molecule has 0 bridgehead atoms. The van der Waals surface area contributed by atoms with Crippen LogP contribution in [0.3, 0.4) is 0 Å². The molecule has 0 aliphatic heterocycles. The summed E-state index contributed by atoms with van der Waals surface area (Å²) < 4.78 is 0. The Hall–Kier alpha value is -3.70. The Morgan fingerprint density at radius 1 is 0.931 bits per heavy atom. The van der Waals surface area contributed by atoms with E-state index in [0.29, 0.717) is 22.2 Å². The van der Waals surface area contributed by atoms with Crippen molar-refractivity contribution in [3.63, 3.8) is 0 Å². The van der Waals surface area contributed by atoms with Crippen LogP contribution < -0.4 is 5.32 Å². The van der Waals surface area contributed by atoms with Crippen LogP contribution in [0.1, 0.15) is 10.5 Å². The molecule has 5 rings (SSSR count). The van der Waals surface area contributed by atoms with Crippen molar-refractivity contribution in [2.75, 3.05) is 5.32 Å². The highest BCUT2D eigenvalue weighted by Crippen LogP contribution is 2.33. The second-order valence-electron chi connectivity index (χ2n) is 6.63. The third-order valence-electron chi connectivity index (χ3n) is 4.75. The van der Waals surface area contributed by atoms with Crippen LogP contribution in [0.15, 0.2) is 79.0 Å². The molecule has 2 N–H and O–H groups in total. The lowest BCUT2D eigenvalue weighted by atomic mass is 10.1. The van der Waals surface area contributed by atoms with Crippen LogP contribution in [0, 0.1) is 0 Å². The second-order valence-corrected chi connectivity index (χ2v) is 7.06. The van der Waals surface area contributed by atoms with Crippen molar-refractivity contribution in [1.29, 1.82) is 0 Å². The normalized spacial score (nSPS) is 11.1. The van der Waals surface area contributed by atoms with Crippen molar-refractivity contribution in [3.05, 3.63) is 89.7 Å². The molecule has 0 saturated heterocycles. The maximum atomic E-state index is 12.9. The van der Waals surface area contributed by atoms with Crippen molar-refractivity contribution in [3.8, 4) is 11.3 Å². The number of halogens is 1. The van der Waals surface area contributed by atoms with Crippen molar-refractivity contribution in [1.82, 2.24) is 15.0 Å². The number of nitrogens with one attached hydrogen (secondary N) is 2. The van der Waals surface area contributed by atoms with Gasteiger partial charge in [-0.1, -0.05) is 48.0 Å². The average Bonchev–Trinajstić information content (AvgIpc) is 3.13. The summed E-state index contributed by atoms with van der Waals surface area (Å²) in [7, 11) is 0. The summed E-state index contributed by atoms with van der Waals surface area (Å²) in [4.78, 5) is 25.2. The lowest BCUT2D eigenvalue weighted by Gasteiger charge is -2.08. The van der Waals surface area contributed by atoms with Gasteiger partial charge in [0.15, 0.2) is 0 Å². The quantitative estimate of drug-likeness (QED) is 0.410. The van der Waals surface area contributed by atoms with E-state index in [0.717, 1.165) is 27.4 Å². The number of hydrogen-bond acceptors (Lipinski definition) is 3. The molecular formula is C23H15ClN4O. The van der Waals surface area contributed by atoms with Crippen LogP contribution in [0.2, 0.25) is 5.02 Å². The number of para-hydroxylation sites is 1. The number of benzene rings is 2. The van der Waals surface area contributed by atoms with Crippen LogP contribution in [0.5, 0.6) is 0 Å². The number of anilines is 1. The van der Waals surface area contributed by atoms with Crippen LogP contribution in [0.25, 0.3) is 33.1 Å². The number of rotatable bonds is 3. The standard InChI is InChI=1S/C23H15ClN4O/c24-15-10-8-14(9-11-15)21-22-17(16-5-1-2-6-18(16)26-22)13-19(27-21)23(29)28-20-7-3-4-12-25-20/h1-13,26H,(H,25,28,29). The van der Waals surface area contributed by atoms with E-state index in [1.807, 2.05) is 60.7 Å². The van der Waals surface area contributed by atoms with Crippen LogP contribution in [-0.4, -0.2) is 20.9 Å². The lowest BCUT2D eigenvalue weighted by molar-refractivity contribution is 0.102. The molecule has 0 unspecified atom stereocenters. The van der Waals surface area contributed by atoms with Gasteiger partial charge in [-0.25, -0.2) is 9.97 Å². The molecule has 2 aromatic carbocycles. The van der Waals surface area contributed by atoms with Crippen molar-refractivity contribution in [2.45, 2.75) is 0 Å². The molecule has 0 aliphatic rings. The predicted molar refractivity (Wildman–Crippen MR) is 116 cm³/mol. The van der Waals surface area contributed by atoms with Gasteiger partial charge in [0, 0.05) is 33.1 Å². The number of fused-ring (bicyclic) bond motifs is 3. The van der Waals surface area contributed by atoms with E-state index in [-0.39, 0.29) is 5.91 Å². The van der Waals surface area contributed by atoms with Gasteiger partial charge in [-0.05, 0) is 36.4 Å². The molecule has 140 valence electrons. The second kappa shape index (κ2) is 7.04. The van der Waals surface area contributed by atoms with Crippen molar-refractivity contribution < 1.29 is 4.79 Å². The molecule has 0 fully saturated rings. The van der Waals surface area contributed by atoms with Crippen LogP contribution in [-0.2, 0) is 0 Å². The van der Waals surface area contributed by atoms with Gasteiger partial charge < -0.3 is 10.3 Å². The van der Waals surface area contributed by atoms with E-state index in [2.05, 4.69) is 20.3 Å². The summed E-state index contributed by atoms with van der Waals surface area (Å²) in [6.07, 6.45) is 1.63. The number of amides is 1. The molecule has 0 spiro atoms. The fourth-order valence-electron chi connectivity index (χ4n) is 3.40. The van der Waals surface area contributed by atoms with Gasteiger partial charge in [0.1, 0.15) is 11.5 Å². The molecule has 0 radical (unpaired) electrons. The smallest absolute Gasteiger partial charge is 0.275 e. The number of carbonyl (C=O) groups is 1. The maximum Gasteiger partial charge on any atom is 0.275 e. The van der Waals surface area contributed by atoms with Crippen LogP contribution >= 0.6 is 11.6 Å². The molecule has 5 aromatic rings. The molecule has 0 aliphatic carbocycles. The van der Waals surface area contributed by atoms with Gasteiger partial charge in [-0.3, -0.25) is 4.79 Å². The third-order valence-corrected chi connectivity index (χ3v) is 5.01. The summed E-state index contributed by atoms with van der Waals surface area (Å²) >= 11 is 6.05. The first-order chi connectivity index (χ1) is 14.2. The number of hydrogen-bond donors (Lipinski definition) is 2. The molecule has 1 amide bonds. The molecule has 0 saturated carbocycles. The minimum atomic E-state index is -0.314. The van der Waals surface area contributed by atoms with E-state index in [1.54, 1.807) is 18.3 Å². The number of aromatic nitrogens is 3. The highest BCUT2D eigenvalue weighted by Gasteiger charge is 2.17. The highest BCUT2D eigenvalue weighted by molar-refractivity contribution is 6.30. The summed E-state index contributed by atoms with van der Waals surface area (Å²) in [6, 6.07) is 22.6. The Balaban J connectivity index is 1.71. The fraction of sp³-hybridized carbons (Fsp3) is 0. The zero-order valence-electron chi connectivity index (χ0n) is 15.2. The van der Waals surface area contributed by atoms with Crippen molar-refractivity contribution >= 4 is 45.1 Å². The van der Waals surface area contributed by atoms with Gasteiger partial charge in [-0.2, -0.15) is 0 Å². The number of carbonyl (C=O) groups excluding carboxylic acids is 1. The zero-order valence-corrected chi connectivity index (χ0v) is 15.9. The molecule has 3 heterocycles. The van der Waals surface area contributed by atoms with Crippen molar-refractivity contribution in [2.24, 2.45) is 0 Å². The maximum absolute atomic E-state index is 12.9. The van der Waals surface area contributed by atoms with Gasteiger partial charge in [0.05, 0.1) is 11.2 Å². The van der Waals surface area contributed by atoms with Crippen LogP contribution in [0.4, 0.5) is 5.82 Å². The Morgan fingerprint density at radius 3 is 2.52 bits per heavy atom. The first-order valence-corrected chi connectivity index (χ1v) is 9.46. The topological polar surface area (TPSA) is 70.7 Å². The minimum absolute atomic E-state index is 0.314. The fourth-order valence-corrected chi connectivity index (χ4v) is 3.52. The first-order valence-electron chi connectivity index (χ1n) is 9.09. The number of pyridine rings is 2. The van der Waals surface area contributed by atoms with Gasteiger partial charge in [0.2, 0.25) is 0 Å². The Morgan fingerprint density at radius 2 is 1.72 bits per heavy atom. The minimum Gasteiger partial charge on any atom is -0.353 e. The largest absolute Gasteiger partial charge is 0.353 e. The van der Waals surface area contributed by atoms with E-state index in [1.165, 1.54) is 0 Å². The molecule has 3 aromatic heterocycles. The molecule has 29 heavy (non-hydrogen) atoms. The summed E-state index contributed by atoms with van der Waals surface area (Å²) in [6.45, 7) is 0. The van der Waals surface area contributed by atoms with Gasteiger partial charge in [-0.15, -0.1) is 0 Å². The summed E-state index contributed by atoms with van der Waals surface area (Å²) in [5.74, 6) is 0.164. The average molecular weight is 399 g/mol. The molecule has 5 nitrogen and oxygen atoms in total. The zero-order chi connectivity index (χ0) is 19.8. The Kier molecular flexibility index (Phi) is 4.22. The SMILES string of the molecule is O=C(Nc1ccccn1)c1cc2c([nH]c3ccccc32)c(-c2ccc(Cl)cc2)n1. The number of aromatic amines is 1. The molecule has 6 heteroatoms. The predicted octanol–water partition coefficient (Wildman–Crippen LogP) is 5.68. The van der Waals surface area contributed by atoms with E-state index in [9.17, 15) is 4.79 Å². The Bertz CT molecular complexity index is 1340. The summed E-state index contributed by atoms with van der Waals surface area (Å²) in [5, 5.41) is 5.42. The number of H-pyrrole nitrogens is 1. The van der Waals surface area contributed by atoms with Gasteiger partial charge >= 0.3 is 0 Å². The van der Waals surface area contributed by atoms with E-state index >= 15 is 0 Å². The monoisotopic (exact) mass is 398 g/mol. The first kappa shape index (κ1) is 17.4. The number of nitrogens with zero attached hydrogens (tertiary/aromatic N) is 2. The highest BCUT2D eigenvalue weighted by atomic mass is 35.5. The lowest BCUT2D eigenvalue weighted by Crippen LogP contribution is -2.15. The van der Waals surface area contributed by atoms with Gasteiger partial charge in [0.25, 0.3) is 5.91 Å². The van der Waals surface area contributed by atoms with E-state index in [4.69, 9.17) is 11.6 Å². The third kappa shape index (κ3) is 3.22. The molecule has 0 atom stereocenters. The molecular weight excluding hydrogens is 384 g/mol. The van der Waals surface area contributed by atoms with E-state index < -0.39 is 0 Å². The summed E-state index contributed by atoms with van der Waals surface area (Å²) in [5.41, 5.74) is 3.75.